The van der Waals surface area contributed by atoms with Gasteiger partial charge >= 0.3 is 6.03 Å². The lowest BCUT2D eigenvalue weighted by Gasteiger charge is -2.17. The van der Waals surface area contributed by atoms with E-state index in [1.54, 1.807) is 18.1 Å². The second-order valence-corrected chi connectivity index (χ2v) is 5.96. The first kappa shape index (κ1) is 16.3. The van der Waals surface area contributed by atoms with Gasteiger partial charge in [0, 0.05) is 63.2 Å². The first-order valence-electron chi connectivity index (χ1n) is 7.90. The monoisotopic (exact) mass is 331 g/mol. The van der Waals surface area contributed by atoms with Gasteiger partial charge in [0.2, 0.25) is 5.91 Å². The lowest BCUT2D eigenvalue weighted by atomic mass is 10.0. The van der Waals surface area contributed by atoms with Crippen LogP contribution in [-0.4, -0.2) is 57.6 Å². The Balaban J connectivity index is 1.58. The quantitative estimate of drug-likeness (QED) is 0.733. The molecule has 0 aliphatic carbocycles. The summed E-state index contributed by atoms with van der Waals surface area (Å²) in [6.07, 6.45) is 4.99. The van der Waals surface area contributed by atoms with Gasteiger partial charge in [-0.15, -0.1) is 0 Å². The summed E-state index contributed by atoms with van der Waals surface area (Å²) in [7, 11) is 1.56. The van der Waals surface area contributed by atoms with Crippen LogP contribution < -0.4 is 10.6 Å². The molecule has 0 radical (unpaired) electrons. The molecule has 0 spiro atoms. The van der Waals surface area contributed by atoms with Crippen LogP contribution in [-0.2, 0) is 11.3 Å². The molecule has 1 fully saturated rings. The number of aliphatic hydroxyl groups is 1. The van der Waals surface area contributed by atoms with Crippen LogP contribution in [0.25, 0.3) is 5.65 Å². The molecular weight excluding hydrogens is 310 g/mol. The van der Waals surface area contributed by atoms with E-state index in [1.807, 2.05) is 28.9 Å². The molecule has 1 aliphatic heterocycles. The number of hydrogen-bond donors (Lipinski definition) is 3. The van der Waals surface area contributed by atoms with E-state index in [-0.39, 0.29) is 30.8 Å². The van der Waals surface area contributed by atoms with Crippen molar-refractivity contribution in [1.29, 1.82) is 0 Å². The lowest BCUT2D eigenvalue weighted by Crippen LogP contribution is -2.38. The van der Waals surface area contributed by atoms with Crippen molar-refractivity contribution in [2.45, 2.75) is 19.1 Å². The molecule has 8 heteroatoms. The van der Waals surface area contributed by atoms with E-state index in [9.17, 15) is 14.7 Å². The first-order chi connectivity index (χ1) is 11.6. The maximum absolute atomic E-state index is 12.3. The van der Waals surface area contributed by atoms with Gasteiger partial charge in [-0.05, 0) is 6.07 Å². The number of fused-ring (bicyclic) bond motifs is 1. The normalized spacial score (nSPS) is 20.3. The highest BCUT2D eigenvalue weighted by molar-refractivity contribution is 5.77. The molecular formula is C16H21N5O3. The van der Waals surface area contributed by atoms with Crippen LogP contribution in [0.4, 0.5) is 4.79 Å². The van der Waals surface area contributed by atoms with Gasteiger partial charge in [-0.3, -0.25) is 4.79 Å². The van der Waals surface area contributed by atoms with Crippen LogP contribution in [0.3, 0.4) is 0 Å². The van der Waals surface area contributed by atoms with Crippen LogP contribution in [0.1, 0.15) is 12.0 Å². The Morgan fingerprint density at radius 3 is 3.00 bits per heavy atom. The van der Waals surface area contributed by atoms with Crippen LogP contribution in [0.2, 0.25) is 0 Å². The van der Waals surface area contributed by atoms with Crippen LogP contribution in [0, 0.1) is 5.92 Å². The van der Waals surface area contributed by atoms with Crippen molar-refractivity contribution in [2.75, 3.05) is 20.1 Å². The zero-order valence-electron chi connectivity index (χ0n) is 13.5. The van der Waals surface area contributed by atoms with E-state index in [2.05, 4.69) is 15.6 Å². The SMILES string of the molecule is CNC(=O)C[C@@H]1CN(C(=O)NCc2cccn3ccnc23)C[C@H]1O. The molecule has 128 valence electrons. The lowest BCUT2D eigenvalue weighted by molar-refractivity contribution is -0.122. The Hall–Kier alpha value is -2.61. The van der Waals surface area contributed by atoms with Crippen LogP contribution in [0.5, 0.6) is 0 Å². The second kappa shape index (κ2) is 6.88. The minimum atomic E-state index is -0.677. The highest BCUT2D eigenvalue weighted by Crippen LogP contribution is 2.20. The predicted octanol–water partition coefficient (Wildman–Crippen LogP) is -0.0273. The van der Waals surface area contributed by atoms with E-state index in [4.69, 9.17) is 0 Å². The third-order valence-corrected chi connectivity index (χ3v) is 4.35. The van der Waals surface area contributed by atoms with Gasteiger partial charge in [0.25, 0.3) is 0 Å². The Kier molecular flexibility index (Phi) is 4.66. The number of urea groups is 1. The van der Waals surface area contributed by atoms with Crippen LogP contribution >= 0.6 is 0 Å². The van der Waals surface area contributed by atoms with Gasteiger partial charge in [0.1, 0.15) is 5.65 Å². The van der Waals surface area contributed by atoms with Crippen molar-refractivity contribution >= 4 is 17.6 Å². The second-order valence-electron chi connectivity index (χ2n) is 5.96. The van der Waals surface area contributed by atoms with E-state index in [1.165, 1.54) is 0 Å². The van der Waals surface area contributed by atoms with Gasteiger partial charge < -0.3 is 25.0 Å². The molecule has 2 aromatic rings. The summed E-state index contributed by atoms with van der Waals surface area (Å²) in [5.41, 5.74) is 1.72. The van der Waals surface area contributed by atoms with Crippen LogP contribution in [0.15, 0.2) is 30.7 Å². The summed E-state index contributed by atoms with van der Waals surface area (Å²) in [4.78, 5) is 29.6. The number of nitrogens with zero attached hydrogens (tertiary/aromatic N) is 3. The Morgan fingerprint density at radius 1 is 1.38 bits per heavy atom. The number of likely N-dealkylation sites (tertiary alicyclic amines) is 1. The zero-order chi connectivity index (χ0) is 17.1. The molecule has 2 aromatic heterocycles. The highest BCUT2D eigenvalue weighted by atomic mass is 16.3. The minimum Gasteiger partial charge on any atom is -0.391 e. The average Bonchev–Trinajstić information content (AvgIpc) is 3.19. The zero-order valence-corrected chi connectivity index (χ0v) is 13.5. The fourth-order valence-corrected chi connectivity index (χ4v) is 2.99. The molecule has 0 bridgehead atoms. The molecule has 0 unspecified atom stereocenters. The Morgan fingerprint density at radius 2 is 2.21 bits per heavy atom. The molecule has 3 N–H and O–H groups in total. The van der Waals surface area contributed by atoms with Gasteiger partial charge in [0.15, 0.2) is 0 Å². The summed E-state index contributed by atoms with van der Waals surface area (Å²) < 4.78 is 1.89. The van der Waals surface area contributed by atoms with Crippen molar-refractivity contribution in [3.8, 4) is 0 Å². The smallest absolute Gasteiger partial charge is 0.317 e. The van der Waals surface area contributed by atoms with E-state index >= 15 is 0 Å². The Labute approximate surface area is 139 Å². The molecule has 3 amide bonds. The third-order valence-electron chi connectivity index (χ3n) is 4.35. The summed E-state index contributed by atoms with van der Waals surface area (Å²) in [6, 6.07) is 3.56. The fourth-order valence-electron chi connectivity index (χ4n) is 2.99. The topological polar surface area (TPSA) is 99.0 Å². The molecule has 8 nitrogen and oxygen atoms in total. The van der Waals surface area contributed by atoms with Crippen molar-refractivity contribution < 1.29 is 14.7 Å². The molecule has 2 atom stereocenters. The van der Waals surface area contributed by atoms with Gasteiger partial charge in [0.05, 0.1) is 6.10 Å². The summed E-state index contributed by atoms with van der Waals surface area (Å²) in [5, 5.41) is 15.4. The predicted molar refractivity (Wildman–Crippen MR) is 87.2 cm³/mol. The third kappa shape index (κ3) is 3.33. The number of β-amino-alcohol motifs (C(OH)–C–C–N with tert-alkyl or cyclic N) is 1. The van der Waals surface area contributed by atoms with Crippen molar-refractivity contribution in [3.05, 3.63) is 36.3 Å². The number of amides is 3. The maximum atomic E-state index is 12.3. The molecule has 0 aromatic carbocycles. The number of nitrogens with one attached hydrogen (secondary N) is 2. The Bertz CT molecular complexity index is 744. The van der Waals surface area contributed by atoms with Gasteiger partial charge in [-0.25, -0.2) is 9.78 Å². The van der Waals surface area contributed by atoms with E-state index < -0.39 is 6.10 Å². The number of carbonyl (C=O) groups excluding carboxylic acids is 2. The van der Waals surface area contributed by atoms with Crippen molar-refractivity contribution in [2.24, 2.45) is 5.92 Å². The summed E-state index contributed by atoms with van der Waals surface area (Å²) >= 11 is 0. The fraction of sp³-hybridized carbons (Fsp3) is 0.438. The molecule has 3 rings (SSSR count). The number of imidazole rings is 1. The van der Waals surface area contributed by atoms with E-state index in [0.717, 1.165) is 11.2 Å². The summed E-state index contributed by atoms with van der Waals surface area (Å²) in [6.45, 7) is 0.960. The largest absolute Gasteiger partial charge is 0.391 e. The molecule has 0 saturated carbocycles. The highest BCUT2D eigenvalue weighted by Gasteiger charge is 2.35. The van der Waals surface area contributed by atoms with Crippen molar-refractivity contribution in [1.82, 2.24) is 24.9 Å². The molecule has 3 heterocycles. The number of carbonyl (C=O) groups is 2. The number of rotatable bonds is 4. The molecule has 1 aliphatic rings. The standard InChI is InChI=1S/C16H21N5O3/c1-17-14(23)7-12-9-21(10-13(12)22)16(24)19-8-11-3-2-5-20-6-4-18-15(11)20/h2-6,12-13,22H,7-10H2,1H3,(H,17,23)(H,19,24)/t12-,13-/m1/s1. The number of hydrogen-bond acceptors (Lipinski definition) is 4. The summed E-state index contributed by atoms with van der Waals surface area (Å²) in [5.74, 6) is -0.362. The average molecular weight is 331 g/mol. The molecule has 24 heavy (non-hydrogen) atoms. The molecule has 1 saturated heterocycles. The van der Waals surface area contributed by atoms with E-state index in [0.29, 0.717) is 13.1 Å². The van der Waals surface area contributed by atoms with Crippen molar-refractivity contribution in [3.63, 3.8) is 0 Å². The van der Waals surface area contributed by atoms with Gasteiger partial charge in [-0.1, -0.05) is 6.07 Å². The van der Waals surface area contributed by atoms with Gasteiger partial charge in [-0.2, -0.15) is 0 Å². The number of aromatic nitrogens is 2. The number of aliphatic hydroxyl groups excluding tert-OH is 1. The minimum absolute atomic E-state index is 0.132. The number of pyridine rings is 1. The maximum Gasteiger partial charge on any atom is 0.317 e. The first-order valence-corrected chi connectivity index (χ1v) is 7.90.